The van der Waals surface area contributed by atoms with Crippen molar-refractivity contribution < 1.29 is 29.5 Å². The Labute approximate surface area is 106 Å². The van der Waals surface area contributed by atoms with E-state index in [9.17, 15) is 9.59 Å². The molecular formula is C12H20O6. The van der Waals surface area contributed by atoms with Crippen molar-refractivity contribution >= 4 is 11.9 Å². The second-order valence-electron chi connectivity index (χ2n) is 4.76. The van der Waals surface area contributed by atoms with Gasteiger partial charge in [0.2, 0.25) is 0 Å². The fraction of sp³-hybridized carbons (Fsp3) is 0.667. The van der Waals surface area contributed by atoms with Gasteiger partial charge in [0.25, 0.3) is 0 Å². The van der Waals surface area contributed by atoms with Gasteiger partial charge in [-0.25, -0.2) is 9.59 Å². The minimum atomic E-state index is -1.22. The number of hydrogen-bond donors (Lipinski definition) is 1. The van der Waals surface area contributed by atoms with Gasteiger partial charge in [0, 0.05) is 6.08 Å². The van der Waals surface area contributed by atoms with Gasteiger partial charge in [0.1, 0.15) is 0 Å². The van der Waals surface area contributed by atoms with E-state index in [-0.39, 0.29) is 5.57 Å². The molecule has 104 valence electrons. The molecule has 0 aliphatic carbocycles. The maximum Gasteiger partial charge on any atom is 0.373 e. The first-order chi connectivity index (χ1) is 8.29. The van der Waals surface area contributed by atoms with E-state index in [1.807, 2.05) is 6.92 Å². The topological polar surface area (TPSA) is 82.1 Å². The summed E-state index contributed by atoms with van der Waals surface area (Å²) in [7, 11) is 0. The van der Waals surface area contributed by atoms with Crippen LogP contribution in [0.1, 0.15) is 40.5 Å². The highest BCUT2D eigenvalue weighted by Gasteiger charge is 2.27. The molecule has 6 nitrogen and oxygen atoms in total. The van der Waals surface area contributed by atoms with Crippen molar-refractivity contribution in [1.29, 1.82) is 0 Å². The molecule has 0 aromatic rings. The molecule has 0 amide bonds. The molecule has 0 aromatic carbocycles. The van der Waals surface area contributed by atoms with Crippen molar-refractivity contribution in [2.75, 3.05) is 6.61 Å². The molecule has 18 heavy (non-hydrogen) atoms. The van der Waals surface area contributed by atoms with E-state index >= 15 is 0 Å². The van der Waals surface area contributed by atoms with E-state index < -0.39 is 17.4 Å². The summed E-state index contributed by atoms with van der Waals surface area (Å²) in [5.41, 5.74) is -0.670. The predicted octanol–water partition coefficient (Wildman–Crippen LogP) is 2.25. The molecule has 6 heteroatoms. The molecule has 0 radical (unpaired) electrons. The van der Waals surface area contributed by atoms with Crippen LogP contribution in [0.15, 0.2) is 11.6 Å². The van der Waals surface area contributed by atoms with Crippen LogP contribution in [0.4, 0.5) is 0 Å². The van der Waals surface area contributed by atoms with Gasteiger partial charge in [0.05, 0.1) is 12.2 Å². The Balaban J connectivity index is 4.38. The van der Waals surface area contributed by atoms with E-state index in [1.54, 1.807) is 20.8 Å². The fourth-order valence-electron chi connectivity index (χ4n) is 1.04. The summed E-state index contributed by atoms with van der Waals surface area (Å²) >= 11 is 0. The third-order valence-electron chi connectivity index (χ3n) is 2.03. The van der Waals surface area contributed by atoms with E-state index in [0.29, 0.717) is 6.61 Å². The first-order valence-electron chi connectivity index (χ1n) is 5.74. The highest BCUT2D eigenvalue weighted by Crippen LogP contribution is 2.26. The van der Waals surface area contributed by atoms with Crippen LogP contribution in [-0.4, -0.2) is 23.7 Å². The molecule has 0 aliphatic rings. The molecule has 0 heterocycles. The number of rotatable bonds is 7. The molecule has 0 saturated heterocycles. The Bertz CT molecular complexity index is 313. The van der Waals surface area contributed by atoms with Crippen LogP contribution in [0.25, 0.3) is 0 Å². The quantitative estimate of drug-likeness (QED) is 0.327. The van der Waals surface area contributed by atoms with Crippen LogP contribution < -0.4 is 0 Å². The summed E-state index contributed by atoms with van der Waals surface area (Å²) in [6, 6.07) is 0. The smallest absolute Gasteiger partial charge is 0.373 e. The van der Waals surface area contributed by atoms with E-state index in [4.69, 9.17) is 5.11 Å². The molecule has 0 fully saturated rings. The number of carboxylic acids is 1. The van der Waals surface area contributed by atoms with Gasteiger partial charge in [-0.1, -0.05) is 34.1 Å². The summed E-state index contributed by atoms with van der Waals surface area (Å²) in [5, 5.41) is 13.0. The summed E-state index contributed by atoms with van der Waals surface area (Å²) in [6.07, 6.45) is 2.50. The van der Waals surface area contributed by atoms with Gasteiger partial charge in [0.15, 0.2) is 0 Å². The Morgan fingerprint density at radius 2 is 1.89 bits per heavy atom. The van der Waals surface area contributed by atoms with Gasteiger partial charge < -0.3 is 5.11 Å². The number of carbonyl (C=O) groups excluding carboxylic acids is 1. The SMILES string of the molecule is CCCCOOOC(=O)C(=CC(=O)O)C(C)(C)C. The predicted molar refractivity (Wildman–Crippen MR) is 63.2 cm³/mol. The molecule has 0 rings (SSSR count). The Morgan fingerprint density at radius 1 is 1.28 bits per heavy atom. The molecule has 0 saturated carbocycles. The van der Waals surface area contributed by atoms with Crippen molar-refractivity contribution in [2.24, 2.45) is 5.41 Å². The molecule has 0 bridgehead atoms. The van der Waals surface area contributed by atoms with Gasteiger partial charge in [-0.15, -0.1) is 0 Å². The van der Waals surface area contributed by atoms with E-state index in [2.05, 4.69) is 14.8 Å². The summed E-state index contributed by atoms with van der Waals surface area (Å²) in [4.78, 5) is 31.2. The Kier molecular flexibility index (Phi) is 7.23. The van der Waals surface area contributed by atoms with Gasteiger partial charge >= 0.3 is 11.9 Å². The second-order valence-corrected chi connectivity index (χ2v) is 4.76. The van der Waals surface area contributed by atoms with E-state index in [1.165, 1.54) is 0 Å². The number of unbranched alkanes of at least 4 members (excludes halogenated alkanes) is 1. The molecule has 0 aliphatic heterocycles. The number of hydrogen-bond acceptors (Lipinski definition) is 5. The highest BCUT2D eigenvalue weighted by atomic mass is 17.5. The minimum Gasteiger partial charge on any atom is -0.478 e. The molecule has 0 unspecified atom stereocenters. The third kappa shape index (κ3) is 7.03. The minimum absolute atomic E-state index is 0.00547. The van der Waals surface area contributed by atoms with Crippen molar-refractivity contribution in [2.45, 2.75) is 40.5 Å². The fourth-order valence-corrected chi connectivity index (χ4v) is 1.04. The maximum absolute atomic E-state index is 11.6. The van der Waals surface area contributed by atoms with Crippen LogP contribution in [-0.2, 0) is 24.4 Å². The van der Waals surface area contributed by atoms with Crippen LogP contribution in [0.2, 0.25) is 0 Å². The van der Waals surface area contributed by atoms with Gasteiger partial charge in [-0.2, -0.15) is 4.89 Å². The van der Waals surface area contributed by atoms with Crippen molar-refractivity contribution in [3.05, 3.63) is 11.6 Å². The van der Waals surface area contributed by atoms with Gasteiger partial charge in [-0.3, -0.25) is 4.89 Å². The number of carboxylic acid groups (broad SMARTS) is 1. The Morgan fingerprint density at radius 3 is 2.33 bits per heavy atom. The summed E-state index contributed by atoms with van der Waals surface area (Å²) in [6.45, 7) is 7.36. The zero-order valence-corrected chi connectivity index (χ0v) is 11.2. The molecule has 0 spiro atoms. The monoisotopic (exact) mass is 260 g/mol. The highest BCUT2D eigenvalue weighted by molar-refractivity contribution is 5.96. The lowest BCUT2D eigenvalue weighted by Gasteiger charge is -2.19. The third-order valence-corrected chi connectivity index (χ3v) is 2.03. The molecular weight excluding hydrogens is 240 g/mol. The molecule has 0 atom stereocenters. The summed E-state index contributed by atoms with van der Waals surface area (Å²) in [5.74, 6) is -2.09. The van der Waals surface area contributed by atoms with Crippen LogP contribution in [0, 0.1) is 5.41 Å². The van der Waals surface area contributed by atoms with Gasteiger partial charge in [-0.05, 0) is 16.9 Å². The average Bonchev–Trinajstić information content (AvgIpc) is 2.23. The zero-order valence-electron chi connectivity index (χ0n) is 11.2. The van der Waals surface area contributed by atoms with Crippen molar-refractivity contribution in [3.8, 4) is 0 Å². The average molecular weight is 260 g/mol. The number of aliphatic carboxylic acids is 1. The van der Waals surface area contributed by atoms with Crippen LogP contribution in [0.3, 0.4) is 0 Å². The van der Waals surface area contributed by atoms with Crippen molar-refractivity contribution in [3.63, 3.8) is 0 Å². The Hall–Kier alpha value is -1.40. The lowest BCUT2D eigenvalue weighted by Crippen LogP contribution is -2.22. The number of carbonyl (C=O) groups is 2. The first-order valence-corrected chi connectivity index (χ1v) is 5.74. The zero-order chi connectivity index (χ0) is 14.2. The molecule has 0 aromatic heterocycles. The van der Waals surface area contributed by atoms with E-state index in [0.717, 1.165) is 18.9 Å². The lowest BCUT2D eigenvalue weighted by atomic mass is 9.86. The van der Waals surface area contributed by atoms with Crippen LogP contribution >= 0.6 is 0 Å². The van der Waals surface area contributed by atoms with Crippen molar-refractivity contribution in [1.82, 2.24) is 0 Å². The lowest BCUT2D eigenvalue weighted by molar-refractivity contribution is -0.485. The van der Waals surface area contributed by atoms with Crippen LogP contribution in [0.5, 0.6) is 0 Å². The standard InChI is InChI=1S/C12H20O6/c1-5-6-7-16-18-17-11(15)9(8-10(13)14)12(2,3)4/h8H,5-7H2,1-4H3,(H,13,14). The second kappa shape index (κ2) is 7.84. The normalized spacial score (nSPS) is 12.3. The maximum atomic E-state index is 11.6. The summed E-state index contributed by atoms with van der Waals surface area (Å²) < 4.78 is 0. The molecule has 1 N–H and O–H groups in total. The first kappa shape index (κ1) is 16.6. The largest absolute Gasteiger partial charge is 0.478 e.